The van der Waals surface area contributed by atoms with Gasteiger partial charge in [-0.05, 0) is 37.9 Å². The summed E-state index contributed by atoms with van der Waals surface area (Å²) in [7, 11) is 0. The zero-order valence-electron chi connectivity index (χ0n) is 12.6. The molecule has 0 saturated carbocycles. The molecule has 1 aliphatic rings. The zero-order chi connectivity index (χ0) is 14.6. The minimum Gasteiger partial charge on any atom is -0.337 e. The molecule has 1 aliphatic heterocycles. The van der Waals surface area contributed by atoms with Gasteiger partial charge >= 0.3 is 0 Å². The minimum absolute atomic E-state index is 0.183. The van der Waals surface area contributed by atoms with Crippen LogP contribution in [0, 0.1) is 0 Å². The van der Waals surface area contributed by atoms with Crippen LogP contribution in [0.25, 0.3) is 5.57 Å². The molecule has 1 N–H and O–H groups in total. The molecular formula is C17H24N2O. The molecule has 0 aliphatic carbocycles. The summed E-state index contributed by atoms with van der Waals surface area (Å²) in [5, 5.41) is 3.25. The quantitative estimate of drug-likeness (QED) is 0.914. The van der Waals surface area contributed by atoms with Crippen LogP contribution in [0.5, 0.6) is 0 Å². The second-order valence-electron chi connectivity index (χ2n) is 5.75. The van der Waals surface area contributed by atoms with Gasteiger partial charge in [0, 0.05) is 13.1 Å². The number of hydrogen-bond acceptors (Lipinski definition) is 2. The second kappa shape index (κ2) is 6.23. The van der Waals surface area contributed by atoms with Crippen molar-refractivity contribution in [2.45, 2.75) is 32.7 Å². The number of hydrogen-bond donors (Lipinski definition) is 1. The smallest absolute Gasteiger partial charge is 0.242 e. The lowest BCUT2D eigenvalue weighted by molar-refractivity contribution is -0.136. The third-order valence-electron chi connectivity index (χ3n) is 3.79. The standard InChI is InChI=1S/C17H24N2O/c1-4-18-17(2,3)16(20)19-12-10-15(11-13-19)14-8-6-5-7-9-14/h5-10,18H,4,11-13H2,1-3H3. The first-order chi connectivity index (χ1) is 9.54. The van der Waals surface area contributed by atoms with Gasteiger partial charge in [0.05, 0.1) is 5.54 Å². The average molecular weight is 272 g/mol. The first-order valence-electron chi connectivity index (χ1n) is 7.33. The normalized spacial score (nSPS) is 15.9. The largest absolute Gasteiger partial charge is 0.337 e. The van der Waals surface area contributed by atoms with Gasteiger partial charge in [-0.3, -0.25) is 4.79 Å². The number of amides is 1. The number of nitrogens with one attached hydrogen (secondary N) is 1. The van der Waals surface area contributed by atoms with Gasteiger partial charge < -0.3 is 10.2 Å². The third-order valence-corrected chi connectivity index (χ3v) is 3.79. The summed E-state index contributed by atoms with van der Waals surface area (Å²) < 4.78 is 0. The molecule has 20 heavy (non-hydrogen) atoms. The molecule has 1 aromatic rings. The number of nitrogens with zero attached hydrogens (tertiary/aromatic N) is 1. The fourth-order valence-corrected chi connectivity index (χ4v) is 2.68. The molecule has 3 heteroatoms. The van der Waals surface area contributed by atoms with Crippen LogP contribution < -0.4 is 5.32 Å². The van der Waals surface area contributed by atoms with Gasteiger partial charge in [0.15, 0.2) is 0 Å². The Balaban J connectivity index is 2.04. The Kier molecular flexibility index (Phi) is 4.61. The van der Waals surface area contributed by atoms with Crippen molar-refractivity contribution in [1.29, 1.82) is 0 Å². The molecule has 2 rings (SSSR count). The lowest BCUT2D eigenvalue weighted by Gasteiger charge is -2.34. The molecule has 0 fully saturated rings. The molecular weight excluding hydrogens is 248 g/mol. The zero-order valence-corrected chi connectivity index (χ0v) is 12.6. The molecule has 0 bridgehead atoms. The molecule has 108 valence electrons. The third kappa shape index (κ3) is 3.28. The minimum atomic E-state index is -0.479. The molecule has 0 saturated heterocycles. The summed E-state index contributed by atoms with van der Waals surface area (Å²) in [6.45, 7) is 8.24. The van der Waals surface area contributed by atoms with Crippen LogP contribution in [-0.2, 0) is 4.79 Å². The van der Waals surface area contributed by atoms with E-state index in [-0.39, 0.29) is 5.91 Å². The lowest BCUT2D eigenvalue weighted by Crippen LogP contribution is -2.54. The molecule has 1 heterocycles. The van der Waals surface area contributed by atoms with E-state index in [1.165, 1.54) is 11.1 Å². The van der Waals surface area contributed by atoms with Crippen LogP contribution in [0.2, 0.25) is 0 Å². The maximum atomic E-state index is 12.5. The molecule has 0 unspecified atom stereocenters. The topological polar surface area (TPSA) is 32.3 Å². The van der Waals surface area contributed by atoms with E-state index in [9.17, 15) is 4.79 Å². The average Bonchev–Trinajstić information content (AvgIpc) is 2.47. The van der Waals surface area contributed by atoms with Gasteiger partial charge in [-0.1, -0.05) is 43.3 Å². The Bertz CT molecular complexity index is 491. The number of likely N-dealkylation sites (N-methyl/N-ethyl adjacent to an activating group) is 1. The molecule has 1 amide bonds. The number of rotatable bonds is 4. The summed E-state index contributed by atoms with van der Waals surface area (Å²) >= 11 is 0. The highest BCUT2D eigenvalue weighted by molar-refractivity contribution is 5.86. The fraction of sp³-hybridized carbons (Fsp3) is 0.471. The number of carbonyl (C=O) groups excluding carboxylic acids is 1. The summed E-state index contributed by atoms with van der Waals surface area (Å²) in [6.07, 6.45) is 3.11. The van der Waals surface area contributed by atoms with E-state index in [1.54, 1.807) is 0 Å². The predicted molar refractivity (Wildman–Crippen MR) is 83.4 cm³/mol. The first kappa shape index (κ1) is 14.8. The monoisotopic (exact) mass is 272 g/mol. The maximum absolute atomic E-state index is 12.5. The van der Waals surface area contributed by atoms with Gasteiger partial charge in [-0.2, -0.15) is 0 Å². The Hall–Kier alpha value is -1.61. The Morgan fingerprint density at radius 1 is 1.30 bits per heavy atom. The molecule has 0 aromatic heterocycles. The van der Waals surface area contributed by atoms with E-state index in [0.29, 0.717) is 6.54 Å². The van der Waals surface area contributed by atoms with Crippen molar-refractivity contribution in [3.05, 3.63) is 42.0 Å². The highest BCUT2D eigenvalue weighted by atomic mass is 16.2. The Labute approximate surface area is 121 Å². The van der Waals surface area contributed by atoms with Crippen LogP contribution in [0.3, 0.4) is 0 Å². The number of carbonyl (C=O) groups is 1. The van der Waals surface area contributed by atoms with E-state index in [0.717, 1.165) is 19.5 Å². The fourth-order valence-electron chi connectivity index (χ4n) is 2.68. The first-order valence-corrected chi connectivity index (χ1v) is 7.33. The maximum Gasteiger partial charge on any atom is 0.242 e. The Morgan fingerprint density at radius 3 is 2.55 bits per heavy atom. The van der Waals surface area contributed by atoms with Crippen LogP contribution in [0.4, 0.5) is 0 Å². The summed E-state index contributed by atoms with van der Waals surface area (Å²) in [4.78, 5) is 14.4. The van der Waals surface area contributed by atoms with E-state index < -0.39 is 5.54 Å². The molecule has 0 radical (unpaired) electrons. The highest BCUT2D eigenvalue weighted by Crippen LogP contribution is 2.23. The Morgan fingerprint density at radius 2 is 2.00 bits per heavy atom. The van der Waals surface area contributed by atoms with E-state index in [4.69, 9.17) is 0 Å². The number of benzene rings is 1. The van der Waals surface area contributed by atoms with E-state index >= 15 is 0 Å². The van der Waals surface area contributed by atoms with Gasteiger partial charge in [-0.25, -0.2) is 0 Å². The summed E-state index contributed by atoms with van der Waals surface area (Å²) in [5.74, 6) is 0.183. The van der Waals surface area contributed by atoms with Gasteiger partial charge in [0.25, 0.3) is 0 Å². The summed E-state index contributed by atoms with van der Waals surface area (Å²) in [5.41, 5.74) is 2.13. The van der Waals surface area contributed by atoms with Gasteiger partial charge in [-0.15, -0.1) is 0 Å². The van der Waals surface area contributed by atoms with Crippen LogP contribution >= 0.6 is 0 Å². The van der Waals surface area contributed by atoms with Crippen molar-refractivity contribution in [1.82, 2.24) is 10.2 Å². The van der Waals surface area contributed by atoms with Crippen molar-refractivity contribution >= 4 is 11.5 Å². The van der Waals surface area contributed by atoms with Gasteiger partial charge in [0.1, 0.15) is 0 Å². The molecule has 3 nitrogen and oxygen atoms in total. The van der Waals surface area contributed by atoms with Crippen molar-refractivity contribution in [3.63, 3.8) is 0 Å². The second-order valence-corrected chi connectivity index (χ2v) is 5.75. The van der Waals surface area contributed by atoms with E-state index in [1.807, 2.05) is 31.7 Å². The molecule has 0 spiro atoms. The van der Waals surface area contributed by atoms with Crippen LogP contribution in [0.15, 0.2) is 36.4 Å². The van der Waals surface area contributed by atoms with Crippen molar-refractivity contribution in [3.8, 4) is 0 Å². The van der Waals surface area contributed by atoms with Crippen LogP contribution in [-0.4, -0.2) is 36.0 Å². The molecule has 1 aromatic carbocycles. The van der Waals surface area contributed by atoms with Crippen LogP contribution in [0.1, 0.15) is 32.8 Å². The SMILES string of the molecule is CCNC(C)(C)C(=O)N1CC=C(c2ccccc2)CC1. The lowest BCUT2D eigenvalue weighted by atomic mass is 9.97. The van der Waals surface area contributed by atoms with Crippen molar-refractivity contribution in [2.75, 3.05) is 19.6 Å². The predicted octanol–water partition coefficient (Wildman–Crippen LogP) is 2.69. The molecule has 0 atom stereocenters. The van der Waals surface area contributed by atoms with Crippen molar-refractivity contribution in [2.24, 2.45) is 0 Å². The summed E-state index contributed by atoms with van der Waals surface area (Å²) in [6, 6.07) is 10.4. The van der Waals surface area contributed by atoms with Gasteiger partial charge in [0.2, 0.25) is 5.91 Å². The van der Waals surface area contributed by atoms with E-state index in [2.05, 4.69) is 35.7 Å². The highest BCUT2D eigenvalue weighted by Gasteiger charge is 2.31. The van der Waals surface area contributed by atoms with Crippen molar-refractivity contribution < 1.29 is 4.79 Å².